The third-order valence-corrected chi connectivity index (χ3v) is 9.56. The third kappa shape index (κ3) is 17.4. The second-order valence-electron chi connectivity index (χ2n) is 12.4. The van der Waals surface area contributed by atoms with Crippen molar-refractivity contribution in [2.75, 3.05) is 44.7 Å². The molecule has 0 radical (unpaired) electrons. The van der Waals surface area contributed by atoms with Crippen molar-refractivity contribution in [3.63, 3.8) is 0 Å². The number of piperidine rings is 1. The van der Waals surface area contributed by atoms with Crippen molar-refractivity contribution >= 4 is 21.4 Å². The molecule has 1 saturated heterocycles. The van der Waals surface area contributed by atoms with Crippen LogP contribution in [0.25, 0.3) is 0 Å². The number of hydrogen-bond donors (Lipinski definition) is 2. The normalized spacial score (nSPS) is 16.0. The van der Waals surface area contributed by atoms with Gasteiger partial charge in [0.05, 0.1) is 16.4 Å². The highest BCUT2D eigenvalue weighted by Gasteiger charge is 2.20. The average molecular weight is 625 g/mol. The van der Waals surface area contributed by atoms with Crippen molar-refractivity contribution in [2.45, 2.75) is 134 Å². The minimum atomic E-state index is -3.98. The summed E-state index contributed by atoms with van der Waals surface area (Å²) in [5, 5.41) is 19.5. The molecular formula is C33H60N4O5S. The maximum Gasteiger partial charge on any atom is 0.293 e. The number of benzene rings is 1. The molecule has 1 aromatic carbocycles. The second-order valence-corrected chi connectivity index (χ2v) is 14.0. The maximum atomic E-state index is 11.5. The fourth-order valence-corrected chi connectivity index (χ4v) is 6.59. The lowest BCUT2D eigenvalue weighted by molar-refractivity contribution is -0.384. The van der Waals surface area contributed by atoms with E-state index in [2.05, 4.69) is 17.1 Å². The van der Waals surface area contributed by atoms with Crippen LogP contribution in [0.2, 0.25) is 0 Å². The number of likely N-dealkylation sites (tertiary alicyclic amines) is 1. The van der Waals surface area contributed by atoms with Crippen molar-refractivity contribution < 1.29 is 18.1 Å². The Hall–Kier alpha value is -1.75. The van der Waals surface area contributed by atoms with E-state index in [4.69, 9.17) is 9.88 Å². The molecule has 0 saturated carbocycles. The zero-order valence-electron chi connectivity index (χ0n) is 26.9. The van der Waals surface area contributed by atoms with Gasteiger partial charge in [0, 0.05) is 32.3 Å². The van der Waals surface area contributed by atoms with Crippen molar-refractivity contribution in [1.29, 1.82) is 0 Å². The first-order chi connectivity index (χ1) is 20.8. The third-order valence-electron chi connectivity index (χ3n) is 8.65. The van der Waals surface area contributed by atoms with E-state index < -0.39 is 14.9 Å². The van der Waals surface area contributed by atoms with Crippen LogP contribution in [0, 0.1) is 16.0 Å². The van der Waals surface area contributed by atoms with Gasteiger partial charge in [-0.15, -0.1) is 0 Å². The number of anilines is 1. The maximum absolute atomic E-state index is 11.5. The molecule has 1 unspecified atom stereocenters. The molecule has 0 spiro atoms. The Bertz CT molecular complexity index is 992. The van der Waals surface area contributed by atoms with Gasteiger partial charge in [0.1, 0.15) is 5.69 Å². The zero-order chi connectivity index (χ0) is 31.2. The molecule has 0 aromatic heterocycles. The highest BCUT2D eigenvalue weighted by molar-refractivity contribution is 7.89. The number of sulfonamides is 1. The van der Waals surface area contributed by atoms with Gasteiger partial charge in [-0.05, 0) is 56.7 Å². The molecule has 10 heteroatoms. The lowest BCUT2D eigenvalue weighted by atomic mass is 9.92. The number of rotatable bonds is 26. The number of unbranched alkanes of at least 4 members (excludes halogenated alkanes) is 14. The van der Waals surface area contributed by atoms with Gasteiger partial charge in [0.2, 0.25) is 10.0 Å². The van der Waals surface area contributed by atoms with E-state index in [0.717, 1.165) is 51.0 Å². The van der Waals surface area contributed by atoms with Crippen LogP contribution in [0.1, 0.15) is 129 Å². The summed E-state index contributed by atoms with van der Waals surface area (Å²) < 4.78 is 28.9. The average Bonchev–Trinajstić information content (AvgIpc) is 2.98. The number of nitrogens with two attached hydrogens (primary N) is 1. The largest absolute Gasteiger partial charge is 0.380 e. The summed E-state index contributed by atoms with van der Waals surface area (Å²) in [5.41, 5.74) is 0.0479. The van der Waals surface area contributed by atoms with E-state index in [1.165, 1.54) is 128 Å². The van der Waals surface area contributed by atoms with Crippen molar-refractivity contribution in [2.24, 2.45) is 11.1 Å². The van der Waals surface area contributed by atoms with Crippen LogP contribution in [-0.4, -0.2) is 57.6 Å². The first kappa shape index (κ1) is 37.4. The topological polar surface area (TPSA) is 128 Å². The van der Waals surface area contributed by atoms with Gasteiger partial charge in [-0.2, -0.15) is 0 Å². The minimum absolute atomic E-state index is 0.254. The molecule has 1 aliphatic rings. The Labute approximate surface area is 261 Å². The van der Waals surface area contributed by atoms with E-state index in [1.807, 2.05) is 0 Å². The lowest BCUT2D eigenvalue weighted by Gasteiger charge is -2.32. The zero-order valence-corrected chi connectivity index (χ0v) is 27.7. The van der Waals surface area contributed by atoms with E-state index in [0.29, 0.717) is 12.2 Å². The second kappa shape index (κ2) is 22.7. The minimum Gasteiger partial charge on any atom is -0.380 e. The summed E-state index contributed by atoms with van der Waals surface area (Å²) in [4.78, 5) is 13.1. The van der Waals surface area contributed by atoms with Gasteiger partial charge in [-0.25, -0.2) is 13.6 Å². The number of nitrogens with one attached hydrogen (secondary N) is 1. The molecule has 3 N–H and O–H groups in total. The highest BCUT2D eigenvalue weighted by atomic mass is 32.2. The van der Waals surface area contributed by atoms with Crippen LogP contribution < -0.4 is 10.5 Å². The molecule has 9 nitrogen and oxygen atoms in total. The SMILES string of the molecule is CCCCCCCCCCOCCN1CCCC(CCCCCCCCCCNc2ccc(S(N)(=O)=O)cc2[N+](=O)[O-])C1. The molecule has 1 atom stereocenters. The number of primary sulfonamides is 1. The smallest absolute Gasteiger partial charge is 0.293 e. The first-order valence-electron chi connectivity index (χ1n) is 17.2. The standard InChI is InChI=1S/C33H60N4O5S/c1-2-3-4-5-6-11-14-17-26-42-27-25-36-24-18-20-30(29-36)19-15-12-9-7-8-10-13-16-23-35-32-22-21-31(43(34,40)41)28-33(32)37(38)39/h21-22,28,30,35H,2-20,23-27,29H2,1H3,(H2,34,40,41). The number of nitro benzene ring substituents is 1. The van der Waals surface area contributed by atoms with Crippen LogP contribution in [0.3, 0.4) is 0 Å². The molecule has 1 aliphatic heterocycles. The molecule has 1 heterocycles. The molecular weight excluding hydrogens is 564 g/mol. The quantitative estimate of drug-likeness (QED) is 0.0606. The van der Waals surface area contributed by atoms with Gasteiger partial charge in [-0.1, -0.05) is 96.8 Å². The number of nitrogens with zero attached hydrogens (tertiary/aromatic N) is 2. The monoisotopic (exact) mass is 624 g/mol. The van der Waals surface area contributed by atoms with Gasteiger partial charge < -0.3 is 15.0 Å². The summed E-state index contributed by atoms with van der Waals surface area (Å²) in [6.07, 6.45) is 24.4. The fourth-order valence-electron chi connectivity index (χ4n) is 6.05. The molecule has 1 aromatic rings. The van der Waals surface area contributed by atoms with Gasteiger partial charge >= 0.3 is 0 Å². The van der Waals surface area contributed by atoms with Crippen molar-refractivity contribution in [1.82, 2.24) is 4.90 Å². The Balaban J connectivity index is 1.41. The summed E-state index contributed by atoms with van der Waals surface area (Å²) >= 11 is 0. The summed E-state index contributed by atoms with van der Waals surface area (Å²) in [5.74, 6) is 0.848. The predicted molar refractivity (Wildman–Crippen MR) is 177 cm³/mol. The van der Waals surface area contributed by atoms with E-state index >= 15 is 0 Å². The summed E-state index contributed by atoms with van der Waals surface area (Å²) in [6.45, 7) is 8.25. The van der Waals surface area contributed by atoms with Gasteiger partial charge in [0.25, 0.3) is 5.69 Å². The molecule has 2 rings (SSSR count). The van der Waals surface area contributed by atoms with Gasteiger partial charge in [0.15, 0.2) is 0 Å². The molecule has 0 amide bonds. The van der Waals surface area contributed by atoms with Gasteiger partial charge in [-0.3, -0.25) is 10.1 Å². The van der Waals surface area contributed by atoms with Crippen LogP contribution in [0.15, 0.2) is 23.1 Å². The van der Waals surface area contributed by atoms with E-state index in [-0.39, 0.29) is 10.6 Å². The summed E-state index contributed by atoms with van der Waals surface area (Å²) in [6, 6.07) is 3.72. The van der Waals surface area contributed by atoms with Crippen molar-refractivity contribution in [3.05, 3.63) is 28.3 Å². The molecule has 0 bridgehead atoms. The molecule has 1 fully saturated rings. The Morgan fingerprint density at radius 2 is 1.56 bits per heavy atom. The Morgan fingerprint density at radius 1 is 0.930 bits per heavy atom. The van der Waals surface area contributed by atoms with Crippen LogP contribution >= 0.6 is 0 Å². The highest BCUT2D eigenvalue weighted by Crippen LogP contribution is 2.27. The van der Waals surface area contributed by atoms with E-state index in [9.17, 15) is 18.5 Å². The number of hydrogen-bond acceptors (Lipinski definition) is 7. The van der Waals surface area contributed by atoms with Crippen molar-refractivity contribution in [3.8, 4) is 0 Å². The van der Waals surface area contributed by atoms with Crippen LogP contribution in [0.4, 0.5) is 11.4 Å². The van der Waals surface area contributed by atoms with Crippen LogP contribution in [-0.2, 0) is 14.8 Å². The van der Waals surface area contributed by atoms with Crippen LogP contribution in [0.5, 0.6) is 0 Å². The fraction of sp³-hybridized carbons (Fsp3) is 0.818. The number of ether oxygens (including phenoxy) is 1. The Morgan fingerprint density at radius 3 is 2.21 bits per heavy atom. The molecule has 248 valence electrons. The first-order valence-corrected chi connectivity index (χ1v) is 18.7. The number of nitro groups is 1. The van der Waals surface area contributed by atoms with E-state index in [1.54, 1.807) is 0 Å². The lowest BCUT2D eigenvalue weighted by Crippen LogP contribution is -2.37. The molecule has 0 aliphatic carbocycles. The summed E-state index contributed by atoms with van der Waals surface area (Å²) in [7, 11) is -3.98. The Kier molecular flexibility index (Phi) is 19.8. The predicted octanol–water partition coefficient (Wildman–Crippen LogP) is 8.03. The molecule has 43 heavy (non-hydrogen) atoms.